The summed E-state index contributed by atoms with van der Waals surface area (Å²) < 4.78 is 54.4. The lowest BCUT2D eigenvalue weighted by molar-refractivity contribution is -0.225. The molecule has 0 fully saturated rings. The van der Waals surface area contributed by atoms with Crippen LogP contribution in [0.3, 0.4) is 0 Å². The van der Waals surface area contributed by atoms with Gasteiger partial charge in [-0.05, 0) is 17.7 Å². The summed E-state index contributed by atoms with van der Waals surface area (Å²) >= 11 is 0. The summed E-state index contributed by atoms with van der Waals surface area (Å²) in [5.41, 5.74) is -0.347. The zero-order valence-corrected chi connectivity index (χ0v) is 8.37. The molecule has 17 heavy (non-hydrogen) atoms. The maximum atomic E-state index is 12.5. The minimum absolute atomic E-state index is 0.347. The Hall–Kier alpha value is -1.63. The number of benzene rings is 1. The summed E-state index contributed by atoms with van der Waals surface area (Å²) in [4.78, 5) is 10.2. The molecule has 0 saturated carbocycles. The molecular formula is C10H8F4O3. The molecule has 1 atom stereocenters. The first-order valence-corrected chi connectivity index (χ1v) is 4.46. The number of halogens is 4. The van der Waals surface area contributed by atoms with Crippen molar-refractivity contribution >= 4 is 5.97 Å². The van der Waals surface area contributed by atoms with E-state index >= 15 is 0 Å². The Balaban J connectivity index is 2.90. The monoisotopic (exact) mass is 252 g/mol. The van der Waals surface area contributed by atoms with Crippen LogP contribution in [-0.4, -0.2) is 23.9 Å². The van der Waals surface area contributed by atoms with Gasteiger partial charge in [0.15, 0.2) is 6.10 Å². The van der Waals surface area contributed by atoms with E-state index in [2.05, 4.69) is 4.74 Å². The third-order valence-corrected chi connectivity index (χ3v) is 1.84. The van der Waals surface area contributed by atoms with Crippen LogP contribution in [0.4, 0.5) is 17.6 Å². The Morgan fingerprint density at radius 1 is 1.29 bits per heavy atom. The quantitative estimate of drug-likeness (QED) is 0.837. The molecule has 0 amide bonds. The van der Waals surface area contributed by atoms with Gasteiger partial charge in [0.25, 0.3) is 0 Å². The average molecular weight is 252 g/mol. The summed E-state index contributed by atoms with van der Waals surface area (Å²) in [5, 5.41) is 8.27. The van der Waals surface area contributed by atoms with E-state index in [9.17, 15) is 22.4 Å². The molecule has 1 rings (SSSR count). The topological polar surface area (TPSA) is 46.5 Å². The Morgan fingerprint density at radius 2 is 1.82 bits per heavy atom. The zero-order chi connectivity index (χ0) is 13.1. The fourth-order valence-electron chi connectivity index (χ4n) is 1.17. The summed E-state index contributed by atoms with van der Waals surface area (Å²) in [6.07, 6.45) is -7.13. The van der Waals surface area contributed by atoms with Crippen LogP contribution in [0.5, 0.6) is 0 Å². The van der Waals surface area contributed by atoms with Crippen molar-refractivity contribution in [2.24, 2.45) is 0 Å². The number of hydrogen-bond acceptors (Lipinski definition) is 2. The van der Waals surface area contributed by atoms with Crippen LogP contribution in [0.25, 0.3) is 0 Å². The van der Waals surface area contributed by atoms with E-state index in [4.69, 9.17) is 5.11 Å². The smallest absolute Gasteiger partial charge is 0.418 e. The van der Waals surface area contributed by atoms with Gasteiger partial charge < -0.3 is 9.84 Å². The molecule has 7 heteroatoms. The standard InChI is InChI=1S/C10H8F4O3/c11-7-3-1-6(2-4-7)9(10(12,13)14)17-5-8(15)16/h1-4,9H,5H2,(H,15,16)/t9-/m1/s1. The lowest BCUT2D eigenvalue weighted by Crippen LogP contribution is -2.25. The second-order valence-electron chi connectivity index (χ2n) is 3.18. The Labute approximate surface area is 93.6 Å². The highest BCUT2D eigenvalue weighted by Gasteiger charge is 2.42. The van der Waals surface area contributed by atoms with Crippen molar-refractivity contribution in [3.8, 4) is 0 Å². The van der Waals surface area contributed by atoms with Gasteiger partial charge in [-0.1, -0.05) is 12.1 Å². The summed E-state index contributed by atoms with van der Waals surface area (Å²) in [6, 6.07) is 3.49. The van der Waals surface area contributed by atoms with Gasteiger partial charge in [-0.15, -0.1) is 0 Å². The Kier molecular flexibility index (Phi) is 4.06. The van der Waals surface area contributed by atoms with Crippen molar-refractivity contribution in [1.82, 2.24) is 0 Å². The van der Waals surface area contributed by atoms with Gasteiger partial charge in [0.2, 0.25) is 0 Å². The number of carboxylic acids is 1. The number of carboxylic acid groups (broad SMARTS) is 1. The third kappa shape index (κ3) is 4.03. The summed E-state index contributed by atoms with van der Waals surface area (Å²) in [6.45, 7) is -1.08. The largest absolute Gasteiger partial charge is 0.480 e. The van der Waals surface area contributed by atoms with E-state index in [1.54, 1.807) is 0 Å². The molecule has 0 heterocycles. The summed E-state index contributed by atoms with van der Waals surface area (Å²) in [7, 11) is 0. The molecule has 0 aliphatic heterocycles. The van der Waals surface area contributed by atoms with Crippen molar-refractivity contribution in [3.63, 3.8) is 0 Å². The highest BCUT2D eigenvalue weighted by Crippen LogP contribution is 2.35. The molecular weight excluding hydrogens is 244 g/mol. The molecule has 0 aromatic heterocycles. The van der Waals surface area contributed by atoms with Gasteiger partial charge >= 0.3 is 12.1 Å². The molecule has 1 aromatic rings. The fourth-order valence-corrected chi connectivity index (χ4v) is 1.17. The lowest BCUT2D eigenvalue weighted by atomic mass is 10.1. The second-order valence-corrected chi connectivity index (χ2v) is 3.18. The molecule has 94 valence electrons. The molecule has 1 aromatic carbocycles. The minimum Gasteiger partial charge on any atom is -0.480 e. The SMILES string of the molecule is O=C(O)CO[C@H](c1ccc(F)cc1)C(F)(F)F. The predicted octanol–water partition coefficient (Wildman–Crippen LogP) is 2.53. The van der Waals surface area contributed by atoms with E-state index in [0.717, 1.165) is 24.3 Å². The Morgan fingerprint density at radius 3 is 2.24 bits per heavy atom. The summed E-state index contributed by atoms with van der Waals surface area (Å²) in [5.74, 6) is -2.20. The molecule has 0 spiro atoms. The minimum atomic E-state index is -4.76. The van der Waals surface area contributed by atoms with Crippen LogP contribution in [0, 0.1) is 5.82 Å². The van der Waals surface area contributed by atoms with E-state index in [0.29, 0.717) is 0 Å². The molecule has 0 saturated heterocycles. The number of aliphatic carboxylic acids is 1. The van der Waals surface area contributed by atoms with E-state index < -0.39 is 30.7 Å². The van der Waals surface area contributed by atoms with Crippen LogP contribution in [0.1, 0.15) is 11.7 Å². The van der Waals surface area contributed by atoms with Gasteiger partial charge in [-0.25, -0.2) is 9.18 Å². The first kappa shape index (κ1) is 13.4. The molecule has 1 N–H and O–H groups in total. The van der Waals surface area contributed by atoms with Crippen LogP contribution < -0.4 is 0 Å². The molecule has 0 radical (unpaired) electrons. The highest BCUT2D eigenvalue weighted by atomic mass is 19.4. The van der Waals surface area contributed by atoms with Crippen molar-refractivity contribution in [2.45, 2.75) is 12.3 Å². The zero-order valence-electron chi connectivity index (χ0n) is 8.37. The maximum absolute atomic E-state index is 12.5. The first-order chi connectivity index (χ1) is 7.80. The van der Waals surface area contributed by atoms with E-state index in [-0.39, 0.29) is 5.56 Å². The number of carbonyl (C=O) groups is 1. The average Bonchev–Trinajstić information content (AvgIpc) is 2.18. The predicted molar refractivity (Wildman–Crippen MR) is 48.8 cm³/mol. The van der Waals surface area contributed by atoms with Gasteiger partial charge in [0.1, 0.15) is 12.4 Å². The van der Waals surface area contributed by atoms with Crippen LogP contribution in [-0.2, 0) is 9.53 Å². The second kappa shape index (κ2) is 5.13. The molecule has 0 aliphatic rings. The molecule has 0 bridgehead atoms. The lowest BCUT2D eigenvalue weighted by Gasteiger charge is -2.20. The number of hydrogen-bond donors (Lipinski definition) is 1. The number of rotatable bonds is 4. The first-order valence-electron chi connectivity index (χ1n) is 4.46. The van der Waals surface area contributed by atoms with Crippen molar-refractivity contribution in [1.29, 1.82) is 0 Å². The fraction of sp³-hybridized carbons (Fsp3) is 0.300. The van der Waals surface area contributed by atoms with Crippen LogP contribution >= 0.6 is 0 Å². The third-order valence-electron chi connectivity index (χ3n) is 1.84. The van der Waals surface area contributed by atoms with Gasteiger partial charge in [-0.2, -0.15) is 13.2 Å². The van der Waals surface area contributed by atoms with E-state index in [1.165, 1.54) is 0 Å². The molecule has 0 unspecified atom stereocenters. The molecule has 3 nitrogen and oxygen atoms in total. The number of ether oxygens (including phenoxy) is 1. The van der Waals surface area contributed by atoms with Crippen molar-refractivity contribution < 1.29 is 32.2 Å². The number of alkyl halides is 3. The van der Waals surface area contributed by atoms with Crippen molar-refractivity contribution in [3.05, 3.63) is 35.6 Å². The Bertz CT molecular complexity index is 386. The maximum Gasteiger partial charge on any atom is 0.418 e. The van der Waals surface area contributed by atoms with Crippen molar-refractivity contribution in [2.75, 3.05) is 6.61 Å². The van der Waals surface area contributed by atoms with Gasteiger partial charge in [0.05, 0.1) is 0 Å². The van der Waals surface area contributed by atoms with E-state index in [1.807, 2.05) is 0 Å². The normalized spacial score (nSPS) is 13.4. The molecule has 0 aliphatic carbocycles. The van der Waals surface area contributed by atoms with Crippen LogP contribution in [0.15, 0.2) is 24.3 Å². The van der Waals surface area contributed by atoms with Gasteiger partial charge in [-0.3, -0.25) is 0 Å². The van der Waals surface area contributed by atoms with Crippen LogP contribution in [0.2, 0.25) is 0 Å². The highest BCUT2D eigenvalue weighted by molar-refractivity contribution is 5.68. The van der Waals surface area contributed by atoms with Gasteiger partial charge in [0, 0.05) is 0 Å².